The van der Waals surface area contributed by atoms with Gasteiger partial charge in [-0.3, -0.25) is 0 Å². The molecule has 1 rings (SSSR count). The highest BCUT2D eigenvalue weighted by Crippen LogP contribution is 2.25. The highest BCUT2D eigenvalue weighted by Gasteiger charge is 2.25. The minimum absolute atomic E-state index is 0.0446. The van der Waals surface area contributed by atoms with Crippen molar-refractivity contribution in [1.29, 1.82) is 0 Å². The van der Waals surface area contributed by atoms with E-state index in [-0.39, 0.29) is 6.10 Å². The second-order valence-electron chi connectivity index (χ2n) is 4.96. The number of hydrogen-bond donors (Lipinski definition) is 1. The van der Waals surface area contributed by atoms with E-state index < -0.39 is 0 Å². The number of rotatable bonds is 5. The smallest absolute Gasteiger partial charge is 0.0580 e. The molecule has 2 heteroatoms. The van der Waals surface area contributed by atoms with Gasteiger partial charge in [0.2, 0.25) is 0 Å². The normalized spacial score (nSPS) is 29.4. The van der Waals surface area contributed by atoms with Crippen molar-refractivity contribution >= 4 is 0 Å². The Morgan fingerprint density at radius 1 is 1.27 bits per heavy atom. The average molecular weight is 213 g/mol. The molecule has 0 amide bonds. The molecule has 90 valence electrons. The van der Waals surface area contributed by atoms with Gasteiger partial charge in [-0.1, -0.05) is 26.7 Å². The van der Waals surface area contributed by atoms with Crippen LogP contribution < -0.4 is 0 Å². The van der Waals surface area contributed by atoms with E-state index in [1.54, 1.807) is 0 Å². The highest BCUT2D eigenvalue weighted by molar-refractivity contribution is 4.78. The lowest BCUT2D eigenvalue weighted by atomic mass is 9.86. The Morgan fingerprint density at radius 2 is 1.93 bits per heavy atom. The summed E-state index contributed by atoms with van der Waals surface area (Å²) in [5.74, 6) is 0.521. The van der Waals surface area contributed by atoms with Gasteiger partial charge in [0.25, 0.3) is 0 Å². The zero-order chi connectivity index (χ0) is 11.3. The van der Waals surface area contributed by atoms with Crippen LogP contribution in [0.15, 0.2) is 0 Å². The highest BCUT2D eigenvalue weighted by atomic mass is 16.3. The van der Waals surface area contributed by atoms with Crippen LogP contribution in [-0.4, -0.2) is 35.2 Å². The minimum atomic E-state index is -0.0446. The molecular formula is C13H27NO. The molecule has 15 heavy (non-hydrogen) atoms. The molecule has 0 spiro atoms. The van der Waals surface area contributed by atoms with Crippen molar-refractivity contribution in [2.24, 2.45) is 5.92 Å². The summed E-state index contributed by atoms with van der Waals surface area (Å²) < 4.78 is 0. The summed E-state index contributed by atoms with van der Waals surface area (Å²) in [5.41, 5.74) is 0. The quantitative estimate of drug-likeness (QED) is 0.759. The fourth-order valence-corrected chi connectivity index (χ4v) is 2.58. The van der Waals surface area contributed by atoms with E-state index in [1.165, 1.54) is 25.7 Å². The molecule has 0 saturated heterocycles. The number of aliphatic hydroxyl groups excluding tert-OH is 1. The molecule has 0 aromatic rings. The van der Waals surface area contributed by atoms with Crippen LogP contribution in [0, 0.1) is 5.92 Å². The summed E-state index contributed by atoms with van der Waals surface area (Å²) in [4.78, 5) is 2.51. The third-order valence-corrected chi connectivity index (χ3v) is 3.96. The Kier molecular flexibility index (Phi) is 5.62. The summed E-state index contributed by atoms with van der Waals surface area (Å²) in [6.07, 6.45) is 5.91. The molecule has 1 N–H and O–H groups in total. The molecule has 0 aromatic carbocycles. The molecule has 1 aliphatic carbocycles. The zero-order valence-corrected chi connectivity index (χ0v) is 10.6. The van der Waals surface area contributed by atoms with E-state index in [1.807, 2.05) is 0 Å². The third-order valence-electron chi connectivity index (χ3n) is 3.96. The molecule has 0 aromatic heterocycles. The first-order chi connectivity index (χ1) is 7.19. The molecule has 1 aliphatic rings. The van der Waals surface area contributed by atoms with E-state index in [2.05, 4.69) is 25.7 Å². The molecule has 3 atom stereocenters. The van der Waals surface area contributed by atoms with Crippen molar-refractivity contribution in [3.8, 4) is 0 Å². The van der Waals surface area contributed by atoms with Gasteiger partial charge in [0.1, 0.15) is 0 Å². The van der Waals surface area contributed by atoms with Crippen LogP contribution >= 0.6 is 0 Å². The van der Waals surface area contributed by atoms with Crippen LogP contribution in [0.4, 0.5) is 0 Å². The molecule has 2 nitrogen and oxygen atoms in total. The van der Waals surface area contributed by atoms with Crippen LogP contribution in [0.2, 0.25) is 0 Å². The van der Waals surface area contributed by atoms with Crippen molar-refractivity contribution in [2.75, 3.05) is 13.1 Å². The first-order valence-electron chi connectivity index (χ1n) is 6.61. The maximum absolute atomic E-state index is 9.94. The number of hydrogen-bond acceptors (Lipinski definition) is 2. The first-order valence-corrected chi connectivity index (χ1v) is 6.61. The van der Waals surface area contributed by atoms with Gasteiger partial charge < -0.3 is 10.0 Å². The molecule has 0 radical (unpaired) electrons. The topological polar surface area (TPSA) is 23.5 Å². The summed E-state index contributed by atoms with van der Waals surface area (Å²) in [7, 11) is 0. The fourth-order valence-electron chi connectivity index (χ4n) is 2.58. The van der Waals surface area contributed by atoms with E-state index >= 15 is 0 Å². The van der Waals surface area contributed by atoms with E-state index in [4.69, 9.17) is 0 Å². The standard InChI is InChI=1S/C13H27NO/c1-4-11(3)14(5-2)10-12-8-6-7-9-13(12)15/h11-13,15H,4-10H2,1-3H3. The molecular weight excluding hydrogens is 186 g/mol. The van der Waals surface area contributed by atoms with Gasteiger partial charge >= 0.3 is 0 Å². The largest absolute Gasteiger partial charge is 0.393 e. The molecule has 0 bridgehead atoms. The monoisotopic (exact) mass is 213 g/mol. The van der Waals surface area contributed by atoms with Gasteiger partial charge in [-0.15, -0.1) is 0 Å². The predicted octanol–water partition coefficient (Wildman–Crippen LogP) is 2.66. The van der Waals surface area contributed by atoms with E-state index in [0.717, 1.165) is 19.5 Å². The summed E-state index contributed by atoms with van der Waals surface area (Å²) in [5, 5.41) is 9.94. The van der Waals surface area contributed by atoms with Crippen molar-refractivity contribution in [3.63, 3.8) is 0 Å². The van der Waals surface area contributed by atoms with Crippen LogP contribution in [0.3, 0.4) is 0 Å². The lowest BCUT2D eigenvalue weighted by Crippen LogP contribution is -2.41. The van der Waals surface area contributed by atoms with Gasteiger partial charge in [-0.05, 0) is 38.6 Å². The molecule has 1 saturated carbocycles. The second kappa shape index (κ2) is 6.49. The Morgan fingerprint density at radius 3 is 2.47 bits per heavy atom. The van der Waals surface area contributed by atoms with Crippen LogP contribution in [-0.2, 0) is 0 Å². The molecule has 1 fully saturated rings. The lowest BCUT2D eigenvalue weighted by molar-refractivity contribution is 0.0389. The van der Waals surface area contributed by atoms with Gasteiger partial charge in [0, 0.05) is 12.6 Å². The minimum Gasteiger partial charge on any atom is -0.393 e. The maximum atomic E-state index is 9.94. The summed E-state index contributed by atoms with van der Waals surface area (Å²) >= 11 is 0. The van der Waals surface area contributed by atoms with Crippen LogP contribution in [0.25, 0.3) is 0 Å². The van der Waals surface area contributed by atoms with E-state index in [9.17, 15) is 5.11 Å². The number of nitrogens with zero attached hydrogens (tertiary/aromatic N) is 1. The van der Waals surface area contributed by atoms with E-state index in [0.29, 0.717) is 12.0 Å². The molecule has 3 unspecified atom stereocenters. The van der Waals surface area contributed by atoms with Crippen molar-refractivity contribution < 1.29 is 5.11 Å². The third kappa shape index (κ3) is 3.76. The predicted molar refractivity (Wildman–Crippen MR) is 65.0 cm³/mol. The van der Waals surface area contributed by atoms with Gasteiger partial charge in [-0.25, -0.2) is 0 Å². The van der Waals surface area contributed by atoms with Gasteiger partial charge in [0.15, 0.2) is 0 Å². The lowest BCUT2D eigenvalue weighted by Gasteiger charge is -2.35. The number of aliphatic hydroxyl groups is 1. The molecule has 0 aliphatic heterocycles. The van der Waals surface area contributed by atoms with Crippen LogP contribution in [0.5, 0.6) is 0 Å². The Labute approximate surface area is 94.7 Å². The van der Waals surface area contributed by atoms with Crippen molar-refractivity contribution in [1.82, 2.24) is 4.90 Å². The van der Waals surface area contributed by atoms with Crippen LogP contribution in [0.1, 0.15) is 52.9 Å². The average Bonchev–Trinajstić information content (AvgIpc) is 2.27. The van der Waals surface area contributed by atoms with Gasteiger partial charge in [-0.2, -0.15) is 0 Å². The Bertz CT molecular complexity index is 168. The SMILES string of the molecule is CCC(C)N(CC)CC1CCCCC1O. The first kappa shape index (κ1) is 13.0. The fraction of sp³-hybridized carbons (Fsp3) is 1.00. The Hall–Kier alpha value is -0.0800. The second-order valence-corrected chi connectivity index (χ2v) is 4.96. The van der Waals surface area contributed by atoms with Crippen molar-refractivity contribution in [2.45, 2.75) is 65.0 Å². The molecule has 0 heterocycles. The zero-order valence-electron chi connectivity index (χ0n) is 10.6. The van der Waals surface area contributed by atoms with Crippen molar-refractivity contribution in [3.05, 3.63) is 0 Å². The Balaban J connectivity index is 2.42. The summed E-state index contributed by atoms with van der Waals surface area (Å²) in [6.45, 7) is 8.95. The maximum Gasteiger partial charge on any atom is 0.0580 e. The van der Waals surface area contributed by atoms with Gasteiger partial charge in [0.05, 0.1) is 6.10 Å². The summed E-state index contributed by atoms with van der Waals surface area (Å²) in [6, 6.07) is 0.657.